The highest BCUT2D eigenvalue weighted by Gasteiger charge is 2.21. The number of carboxylic acid groups (broad SMARTS) is 1. The number of benzene rings is 2. The number of thiophene rings is 1. The number of fused-ring (bicyclic) bond motifs is 1. The summed E-state index contributed by atoms with van der Waals surface area (Å²) in [5, 5.41) is 9.60. The quantitative estimate of drug-likeness (QED) is 0.262. The molecule has 0 spiro atoms. The van der Waals surface area contributed by atoms with Gasteiger partial charge in [0.2, 0.25) is 0 Å². The molecule has 0 aliphatic carbocycles. The fraction of sp³-hybridized carbons (Fsp3) is 0.269. The van der Waals surface area contributed by atoms with Crippen LogP contribution in [-0.4, -0.2) is 44.4 Å². The standard InChI is InChI=1S/C21H17NO4S2.C2H4F2O.C2H6.CH3F/c23-20(24)10-7-15-6-8-18-17(14-15)12-13-22(18)28(25,26)21-11-9-19(27-21)16-4-2-1-3-5-16;1-5-2(3)4;2*1-2/h1-6,8-9,11-14H,7,10H2,(H,23,24);2H,1H3;1-2H3;1H3. The van der Waals surface area contributed by atoms with Crippen molar-refractivity contribution in [1.29, 1.82) is 0 Å². The van der Waals surface area contributed by atoms with Crippen LogP contribution in [0.2, 0.25) is 0 Å². The lowest BCUT2D eigenvalue weighted by Gasteiger charge is -2.06. The van der Waals surface area contributed by atoms with Crippen molar-refractivity contribution in [2.75, 3.05) is 14.3 Å². The van der Waals surface area contributed by atoms with Crippen LogP contribution in [0.5, 0.6) is 0 Å². The molecule has 4 rings (SSSR count). The highest BCUT2D eigenvalue weighted by atomic mass is 32.2. The number of carbonyl (C=O) groups is 1. The Morgan fingerprint density at radius 1 is 1.03 bits per heavy atom. The molecule has 0 aliphatic rings. The van der Waals surface area contributed by atoms with Gasteiger partial charge in [0, 0.05) is 30.0 Å². The molecule has 0 fully saturated rings. The zero-order valence-corrected chi connectivity index (χ0v) is 22.5. The summed E-state index contributed by atoms with van der Waals surface area (Å²) >= 11 is 1.24. The molecule has 11 heteroatoms. The predicted octanol–water partition coefficient (Wildman–Crippen LogP) is 7.09. The van der Waals surface area contributed by atoms with E-state index in [9.17, 15) is 26.4 Å². The number of aromatic nitrogens is 1. The Labute approximate surface area is 219 Å². The number of hydrogen-bond donors (Lipinski definition) is 1. The summed E-state index contributed by atoms with van der Waals surface area (Å²) in [5.41, 5.74) is 2.43. The summed E-state index contributed by atoms with van der Waals surface area (Å²) < 4.78 is 61.9. The van der Waals surface area contributed by atoms with Crippen molar-refractivity contribution in [1.82, 2.24) is 3.97 Å². The number of halogens is 3. The average molecular weight is 558 g/mol. The summed E-state index contributed by atoms with van der Waals surface area (Å²) in [5.74, 6) is -0.854. The van der Waals surface area contributed by atoms with Crippen molar-refractivity contribution < 1.29 is 36.2 Å². The maximum absolute atomic E-state index is 13.1. The van der Waals surface area contributed by atoms with Gasteiger partial charge in [0.15, 0.2) is 0 Å². The van der Waals surface area contributed by atoms with Crippen LogP contribution >= 0.6 is 11.3 Å². The summed E-state index contributed by atoms with van der Waals surface area (Å²) in [4.78, 5) is 11.6. The molecule has 0 bridgehead atoms. The van der Waals surface area contributed by atoms with E-state index in [0.717, 1.165) is 28.5 Å². The van der Waals surface area contributed by atoms with Gasteiger partial charge in [-0.1, -0.05) is 50.2 Å². The smallest absolute Gasteiger partial charge is 0.345 e. The van der Waals surface area contributed by atoms with Gasteiger partial charge in [0.05, 0.1) is 12.7 Å². The molecule has 37 heavy (non-hydrogen) atoms. The van der Waals surface area contributed by atoms with E-state index in [2.05, 4.69) is 4.74 Å². The maximum atomic E-state index is 13.1. The Bertz CT molecular complexity index is 1340. The van der Waals surface area contributed by atoms with E-state index >= 15 is 0 Å². The Hall–Kier alpha value is -3.15. The number of nitrogens with zero attached hydrogens (tertiary/aromatic N) is 1. The monoisotopic (exact) mass is 557 g/mol. The minimum absolute atomic E-state index is 0.0436. The third-order valence-electron chi connectivity index (χ3n) is 4.68. The minimum atomic E-state index is -3.71. The lowest BCUT2D eigenvalue weighted by Crippen LogP contribution is -2.10. The molecule has 6 nitrogen and oxygen atoms in total. The van der Waals surface area contributed by atoms with Gasteiger partial charge in [-0.05, 0) is 47.9 Å². The zero-order chi connectivity index (χ0) is 28.0. The van der Waals surface area contributed by atoms with Gasteiger partial charge in [-0.3, -0.25) is 9.18 Å². The van der Waals surface area contributed by atoms with Gasteiger partial charge < -0.3 is 9.84 Å². The minimum Gasteiger partial charge on any atom is -0.481 e. The summed E-state index contributed by atoms with van der Waals surface area (Å²) in [6.07, 6.45) is 2.00. The second-order valence-electron chi connectivity index (χ2n) is 6.88. The van der Waals surface area contributed by atoms with Crippen LogP contribution in [0.4, 0.5) is 13.2 Å². The first-order valence-electron chi connectivity index (χ1n) is 11.1. The van der Waals surface area contributed by atoms with Crippen LogP contribution in [0.3, 0.4) is 0 Å². The van der Waals surface area contributed by atoms with E-state index in [1.54, 1.807) is 30.5 Å². The van der Waals surface area contributed by atoms with Crippen molar-refractivity contribution in [3.63, 3.8) is 0 Å². The Balaban J connectivity index is 0.000000671. The first-order chi connectivity index (χ1) is 17.7. The molecule has 2 aromatic carbocycles. The Morgan fingerprint density at radius 2 is 1.65 bits per heavy atom. The normalized spacial score (nSPS) is 10.5. The van der Waals surface area contributed by atoms with Gasteiger partial charge in [0.25, 0.3) is 10.0 Å². The van der Waals surface area contributed by atoms with E-state index in [0.29, 0.717) is 19.1 Å². The van der Waals surface area contributed by atoms with Crippen molar-refractivity contribution in [3.05, 3.63) is 78.5 Å². The summed E-state index contributed by atoms with van der Waals surface area (Å²) in [7, 11) is -2.26. The van der Waals surface area contributed by atoms with E-state index in [1.807, 2.05) is 56.3 Å². The summed E-state index contributed by atoms with van der Waals surface area (Å²) in [6, 6.07) is 20.2. The number of methoxy groups -OCH3 is 1. The fourth-order valence-corrected chi connectivity index (χ4v) is 5.85. The molecule has 0 unspecified atom stereocenters. The van der Waals surface area contributed by atoms with Crippen LogP contribution in [-0.2, 0) is 26.0 Å². The molecular weight excluding hydrogens is 527 g/mol. The first-order valence-corrected chi connectivity index (χ1v) is 13.4. The molecular formula is C26H30F3NO5S2. The predicted molar refractivity (Wildman–Crippen MR) is 142 cm³/mol. The van der Waals surface area contributed by atoms with E-state index in [4.69, 9.17) is 5.11 Å². The largest absolute Gasteiger partial charge is 0.481 e. The van der Waals surface area contributed by atoms with Crippen molar-refractivity contribution in [2.45, 2.75) is 37.5 Å². The lowest BCUT2D eigenvalue weighted by molar-refractivity contribution is -0.136. The van der Waals surface area contributed by atoms with Crippen LogP contribution < -0.4 is 0 Å². The molecule has 0 atom stereocenters. The molecule has 0 aliphatic heterocycles. The molecule has 1 N–H and O–H groups in total. The first kappa shape index (κ1) is 31.9. The van der Waals surface area contributed by atoms with Crippen molar-refractivity contribution in [3.8, 4) is 10.4 Å². The molecule has 0 radical (unpaired) electrons. The van der Waals surface area contributed by atoms with Crippen LogP contribution in [0.25, 0.3) is 21.3 Å². The number of aliphatic carboxylic acids is 1. The average Bonchev–Trinajstić information content (AvgIpc) is 3.59. The number of alkyl halides is 3. The number of rotatable bonds is 7. The Morgan fingerprint density at radius 3 is 2.22 bits per heavy atom. The highest BCUT2D eigenvalue weighted by molar-refractivity contribution is 7.92. The maximum Gasteiger partial charge on any atom is 0.345 e. The molecule has 0 saturated carbocycles. The van der Waals surface area contributed by atoms with E-state index in [-0.39, 0.29) is 10.6 Å². The van der Waals surface area contributed by atoms with Crippen LogP contribution in [0, 0.1) is 0 Å². The molecule has 0 saturated heterocycles. The van der Waals surface area contributed by atoms with E-state index in [1.165, 1.54) is 15.3 Å². The fourth-order valence-electron chi connectivity index (χ4n) is 3.10. The lowest BCUT2D eigenvalue weighted by atomic mass is 10.1. The molecule has 202 valence electrons. The third-order valence-corrected chi connectivity index (χ3v) is 7.97. The van der Waals surface area contributed by atoms with Gasteiger partial charge in [-0.25, -0.2) is 3.97 Å². The molecule has 2 aromatic heterocycles. The van der Waals surface area contributed by atoms with Gasteiger partial charge in [0.1, 0.15) is 4.21 Å². The van der Waals surface area contributed by atoms with Crippen LogP contribution in [0.15, 0.2) is 77.1 Å². The number of aryl methyl sites for hydroxylation is 1. The van der Waals surface area contributed by atoms with Gasteiger partial charge >= 0.3 is 12.6 Å². The van der Waals surface area contributed by atoms with E-state index < -0.39 is 22.6 Å². The SMILES string of the molecule is CC.CF.COC(F)F.O=C(O)CCc1ccc2c(ccn2S(=O)(=O)c2ccc(-c3ccccc3)s2)c1. The second kappa shape index (κ2) is 15.9. The molecule has 2 heterocycles. The molecule has 4 aromatic rings. The third kappa shape index (κ3) is 9.03. The van der Waals surface area contributed by atoms with Gasteiger partial charge in [-0.15, -0.1) is 11.3 Å². The second-order valence-corrected chi connectivity index (χ2v) is 10.0. The Kier molecular flexibility index (Phi) is 13.7. The van der Waals surface area contributed by atoms with Gasteiger partial charge in [-0.2, -0.15) is 17.2 Å². The zero-order valence-electron chi connectivity index (χ0n) is 20.9. The van der Waals surface area contributed by atoms with Crippen molar-refractivity contribution in [2.24, 2.45) is 0 Å². The topological polar surface area (TPSA) is 85.6 Å². The highest BCUT2D eigenvalue weighted by Crippen LogP contribution is 2.33. The number of ether oxygens (including phenoxy) is 1. The van der Waals surface area contributed by atoms with Crippen LogP contribution in [0.1, 0.15) is 25.8 Å². The van der Waals surface area contributed by atoms with Crippen molar-refractivity contribution >= 4 is 38.2 Å². The number of hydrogen-bond acceptors (Lipinski definition) is 5. The number of carboxylic acids is 1. The molecule has 0 amide bonds. The summed E-state index contributed by atoms with van der Waals surface area (Å²) in [6.45, 7) is 1.38.